The molecule has 0 saturated heterocycles. The molecule has 0 radical (unpaired) electrons. The Bertz CT molecular complexity index is 291. The average molecular weight is 212 g/mol. The van der Waals surface area contributed by atoms with Crippen LogP contribution in [0.1, 0.15) is 6.42 Å². The van der Waals surface area contributed by atoms with Crippen molar-refractivity contribution in [3.8, 4) is 5.75 Å². The highest BCUT2D eigenvalue weighted by atomic mass is 32.2. The molecule has 0 aliphatic heterocycles. The van der Waals surface area contributed by atoms with Gasteiger partial charge in [-0.05, 0) is 30.9 Å². The van der Waals surface area contributed by atoms with Crippen molar-refractivity contribution in [2.75, 3.05) is 25.1 Å². The van der Waals surface area contributed by atoms with Crippen LogP contribution in [0, 0.1) is 0 Å². The number of nitrogen functional groups attached to an aromatic ring is 1. The van der Waals surface area contributed by atoms with Crippen molar-refractivity contribution in [1.82, 2.24) is 0 Å². The summed E-state index contributed by atoms with van der Waals surface area (Å²) in [5, 5.41) is 0. The molecule has 1 aromatic rings. The van der Waals surface area contributed by atoms with E-state index in [2.05, 4.69) is 0 Å². The lowest BCUT2D eigenvalue weighted by atomic mass is 10.3. The van der Waals surface area contributed by atoms with Gasteiger partial charge < -0.3 is 16.2 Å². The molecule has 0 unspecified atom stereocenters. The highest BCUT2D eigenvalue weighted by Gasteiger charge is 2.03. The second-order valence-corrected chi connectivity index (χ2v) is 4.04. The van der Waals surface area contributed by atoms with E-state index in [1.165, 1.54) is 0 Å². The molecule has 0 amide bonds. The van der Waals surface area contributed by atoms with Crippen LogP contribution in [-0.2, 0) is 0 Å². The first-order valence-corrected chi connectivity index (χ1v) is 5.53. The zero-order valence-electron chi connectivity index (χ0n) is 8.32. The third kappa shape index (κ3) is 3.12. The molecule has 1 rings (SSSR count). The summed E-state index contributed by atoms with van der Waals surface area (Å²) in [7, 11) is 1.65. The summed E-state index contributed by atoms with van der Waals surface area (Å²) in [5.41, 5.74) is 11.8. The monoisotopic (exact) mass is 212 g/mol. The molecular weight excluding hydrogens is 196 g/mol. The molecule has 3 nitrogen and oxygen atoms in total. The van der Waals surface area contributed by atoms with Gasteiger partial charge in [-0.1, -0.05) is 0 Å². The minimum Gasteiger partial charge on any atom is -0.496 e. The Morgan fingerprint density at radius 2 is 2.21 bits per heavy atom. The molecule has 0 bridgehead atoms. The zero-order valence-corrected chi connectivity index (χ0v) is 9.14. The van der Waals surface area contributed by atoms with E-state index in [-0.39, 0.29) is 0 Å². The summed E-state index contributed by atoms with van der Waals surface area (Å²) in [5.74, 6) is 1.85. The summed E-state index contributed by atoms with van der Waals surface area (Å²) in [6, 6.07) is 5.70. The van der Waals surface area contributed by atoms with Gasteiger partial charge in [-0.3, -0.25) is 0 Å². The van der Waals surface area contributed by atoms with E-state index in [9.17, 15) is 0 Å². The molecular formula is C10H16N2OS. The predicted molar refractivity (Wildman–Crippen MR) is 61.8 cm³/mol. The van der Waals surface area contributed by atoms with Crippen molar-refractivity contribution in [3.05, 3.63) is 18.2 Å². The number of methoxy groups -OCH3 is 1. The average Bonchev–Trinajstić information content (AvgIpc) is 2.20. The molecule has 14 heavy (non-hydrogen) atoms. The molecule has 1 aromatic carbocycles. The topological polar surface area (TPSA) is 61.3 Å². The summed E-state index contributed by atoms with van der Waals surface area (Å²) in [6.45, 7) is 0.726. The third-order valence-corrected chi connectivity index (χ3v) is 2.93. The van der Waals surface area contributed by atoms with Crippen molar-refractivity contribution in [3.63, 3.8) is 0 Å². The quantitative estimate of drug-likeness (QED) is 0.443. The molecule has 78 valence electrons. The maximum atomic E-state index is 5.65. The van der Waals surface area contributed by atoms with Gasteiger partial charge in [0.25, 0.3) is 0 Å². The highest BCUT2D eigenvalue weighted by Crippen LogP contribution is 2.31. The maximum absolute atomic E-state index is 5.65. The smallest absolute Gasteiger partial charge is 0.134 e. The number of nitrogens with two attached hydrogens (primary N) is 2. The van der Waals surface area contributed by atoms with Gasteiger partial charge >= 0.3 is 0 Å². The van der Waals surface area contributed by atoms with Crippen molar-refractivity contribution >= 4 is 17.4 Å². The fourth-order valence-electron chi connectivity index (χ4n) is 1.07. The molecule has 0 spiro atoms. The Labute approximate surface area is 88.8 Å². The Morgan fingerprint density at radius 1 is 1.43 bits per heavy atom. The Hall–Kier alpha value is -0.870. The third-order valence-electron chi connectivity index (χ3n) is 1.79. The molecule has 4 N–H and O–H groups in total. The van der Waals surface area contributed by atoms with Crippen molar-refractivity contribution in [2.45, 2.75) is 11.3 Å². The molecule has 0 atom stereocenters. The van der Waals surface area contributed by atoms with Crippen LogP contribution in [0.5, 0.6) is 5.75 Å². The van der Waals surface area contributed by atoms with E-state index < -0.39 is 0 Å². The van der Waals surface area contributed by atoms with Crippen LogP contribution in [0.3, 0.4) is 0 Å². The number of hydrogen-bond donors (Lipinski definition) is 2. The molecule has 0 aromatic heterocycles. The van der Waals surface area contributed by atoms with Crippen LogP contribution in [-0.4, -0.2) is 19.4 Å². The largest absolute Gasteiger partial charge is 0.496 e. The van der Waals surface area contributed by atoms with Crippen LogP contribution < -0.4 is 16.2 Å². The first kappa shape index (κ1) is 11.2. The number of hydrogen-bond acceptors (Lipinski definition) is 4. The second kappa shape index (κ2) is 5.78. The first-order valence-electron chi connectivity index (χ1n) is 4.54. The second-order valence-electron chi connectivity index (χ2n) is 2.90. The molecule has 4 heteroatoms. The number of rotatable bonds is 5. The predicted octanol–water partition coefficient (Wildman–Crippen LogP) is 1.72. The lowest BCUT2D eigenvalue weighted by Gasteiger charge is -2.08. The fourth-order valence-corrected chi connectivity index (χ4v) is 2.05. The van der Waals surface area contributed by atoms with E-state index >= 15 is 0 Å². The standard InChI is InChI=1S/C10H16N2OS/c1-13-9-7-8(12)3-4-10(9)14-6-2-5-11/h3-4,7H,2,5-6,11-12H2,1H3. The minimum atomic E-state index is 0.726. The van der Waals surface area contributed by atoms with E-state index in [1.54, 1.807) is 18.9 Å². The van der Waals surface area contributed by atoms with Gasteiger partial charge in [-0.25, -0.2) is 0 Å². The van der Waals surface area contributed by atoms with E-state index in [0.717, 1.165) is 35.1 Å². The lowest BCUT2D eigenvalue weighted by Crippen LogP contribution is -1.99. The van der Waals surface area contributed by atoms with Gasteiger partial charge in [0.2, 0.25) is 0 Å². The summed E-state index contributed by atoms with van der Waals surface area (Å²) >= 11 is 1.74. The first-order chi connectivity index (χ1) is 6.77. The molecule has 0 saturated carbocycles. The van der Waals surface area contributed by atoms with Crippen molar-refractivity contribution in [2.24, 2.45) is 5.73 Å². The molecule has 0 fully saturated rings. The van der Waals surface area contributed by atoms with Gasteiger partial charge in [-0.15, -0.1) is 11.8 Å². The Kier molecular flexibility index (Phi) is 4.62. The van der Waals surface area contributed by atoms with Crippen LogP contribution in [0.25, 0.3) is 0 Å². The van der Waals surface area contributed by atoms with Gasteiger partial charge in [0.15, 0.2) is 0 Å². The van der Waals surface area contributed by atoms with Crippen LogP contribution in [0.15, 0.2) is 23.1 Å². The number of anilines is 1. The van der Waals surface area contributed by atoms with E-state index in [1.807, 2.05) is 18.2 Å². The van der Waals surface area contributed by atoms with Gasteiger partial charge in [-0.2, -0.15) is 0 Å². The van der Waals surface area contributed by atoms with Gasteiger partial charge in [0, 0.05) is 16.6 Å². The zero-order chi connectivity index (χ0) is 10.4. The van der Waals surface area contributed by atoms with Crippen LogP contribution >= 0.6 is 11.8 Å². The minimum absolute atomic E-state index is 0.726. The van der Waals surface area contributed by atoms with Crippen LogP contribution in [0.2, 0.25) is 0 Å². The molecule has 0 aliphatic carbocycles. The van der Waals surface area contributed by atoms with E-state index in [4.69, 9.17) is 16.2 Å². The Morgan fingerprint density at radius 3 is 2.86 bits per heavy atom. The van der Waals surface area contributed by atoms with E-state index in [0.29, 0.717) is 0 Å². The number of ether oxygens (including phenoxy) is 1. The van der Waals surface area contributed by atoms with Gasteiger partial charge in [0.1, 0.15) is 5.75 Å². The highest BCUT2D eigenvalue weighted by molar-refractivity contribution is 7.99. The SMILES string of the molecule is COc1cc(N)ccc1SCCCN. The van der Waals surface area contributed by atoms with Crippen molar-refractivity contribution < 1.29 is 4.74 Å². The molecule has 0 aliphatic rings. The summed E-state index contributed by atoms with van der Waals surface area (Å²) in [6.07, 6.45) is 1.01. The number of thioether (sulfide) groups is 1. The molecule has 0 heterocycles. The normalized spacial score (nSPS) is 10.1. The Balaban J connectivity index is 2.65. The summed E-state index contributed by atoms with van der Waals surface area (Å²) in [4.78, 5) is 1.12. The van der Waals surface area contributed by atoms with Gasteiger partial charge in [0.05, 0.1) is 7.11 Å². The van der Waals surface area contributed by atoms with Crippen molar-refractivity contribution in [1.29, 1.82) is 0 Å². The lowest BCUT2D eigenvalue weighted by molar-refractivity contribution is 0.405. The fraction of sp³-hybridized carbons (Fsp3) is 0.400. The summed E-state index contributed by atoms with van der Waals surface area (Å²) < 4.78 is 5.22. The van der Waals surface area contributed by atoms with Crippen LogP contribution in [0.4, 0.5) is 5.69 Å². The maximum Gasteiger partial charge on any atom is 0.134 e. The number of benzene rings is 1.